The van der Waals surface area contributed by atoms with Gasteiger partial charge < -0.3 is 10.5 Å². The van der Waals surface area contributed by atoms with Gasteiger partial charge in [0, 0.05) is 10.7 Å². The van der Waals surface area contributed by atoms with Crippen LogP contribution in [0.25, 0.3) is 0 Å². The van der Waals surface area contributed by atoms with Gasteiger partial charge in [0.15, 0.2) is 0 Å². The third-order valence-corrected chi connectivity index (χ3v) is 2.57. The van der Waals surface area contributed by atoms with Crippen LogP contribution in [0.3, 0.4) is 0 Å². The van der Waals surface area contributed by atoms with Crippen LogP contribution in [0, 0.1) is 5.92 Å². The molecule has 0 aliphatic rings. The van der Waals surface area contributed by atoms with Crippen molar-refractivity contribution in [2.75, 3.05) is 12.3 Å². The molecule has 1 unspecified atom stereocenters. The average molecular weight is 242 g/mol. The van der Waals surface area contributed by atoms with E-state index in [-0.39, 0.29) is 5.97 Å². The van der Waals surface area contributed by atoms with Crippen molar-refractivity contribution >= 4 is 23.3 Å². The van der Waals surface area contributed by atoms with Gasteiger partial charge in [-0.05, 0) is 24.1 Å². The number of halogens is 1. The van der Waals surface area contributed by atoms with E-state index < -0.39 is 0 Å². The number of carbonyl (C=O) groups excluding carboxylic acids is 1. The Labute approximate surface area is 101 Å². The number of rotatable bonds is 4. The molecular weight excluding hydrogens is 226 g/mol. The van der Waals surface area contributed by atoms with E-state index in [1.54, 1.807) is 18.2 Å². The first-order valence-electron chi connectivity index (χ1n) is 5.26. The minimum atomic E-state index is -0.380. The summed E-state index contributed by atoms with van der Waals surface area (Å²) in [6.45, 7) is 4.50. The number of hydrogen-bond donors (Lipinski definition) is 1. The largest absolute Gasteiger partial charge is 0.462 e. The Morgan fingerprint density at radius 3 is 2.75 bits per heavy atom. The molecule has 88 valence electrons. The second kappa shape index (κ2) is 5.75. The molecule has 4 heteroatoms. The van der Waals surface area contributed by atoms with Crippen LogP contribution in [-0.2, 0) is 4.74 Å². The van der Waals surface area contributed by atoms with Crippen molar-refractivity contribution in [3.05, 3.63) is 28.8 Å². The van der Waals surface area contributed by atoms with Crippen LogP contribution in [0.1, 0.15) is 30.6 Å². The minimum Gasteiger partial charge on any atom is -0.462 e. The number of nitrogens with two attached hydrogens (primary N) is 1. The molecule has 0 amide bonds. The fraction of sp³-hybridized carbons (Fsp3) is 0.417. The molecule has 16 heavy (non-hydrogen) atoms. The van der Waals surface area contributed by atoms with E-state index in [0.717, 1.165) is 6.42 Å². The van der Waals surface area contributed by atoms with Crippen molar-refractivity contribution in [3.63, 3.8) is 0 Å². The molecule has 0 fully saturated rings. The van der Waals surface area contributed by atoms with Crippen LogP contribution in [0.2, 0.25) is 5.02 Å². The second-order valence-corrected chi connectivity index (χ2v) is 4.32. The molecule has 1 atom stereocenters. The molecule has 0 radical (unpaired) electrons. The summed E-state index contributed by atoms with van der Waals surface area (Å²) in [5.74, 6) is -0.0185. The molecule has 1 aromatic rings. The first kappa shape index (κ1) is 12.8. The highest BCUT2D eigenvalue weighted by atomic mass is 35.5. The molecule has 0 aliphatic heterocycles. The Kier molecular flexibility index (Phi) is 4.62. The smallest absolute Gasteiger partial charge is 0.338 e. The van der Waals surface area contributed by atoms with Crippen LogP contribution in [-0.4, -0.2) is 12.6 Å². The predicted molar refractivity (Wildman–Crippen MR) is 65.6 cm³/mol. The zero-order chi connectivity index (χ0) is 12.1. The van der Waals surface area contributed by atoms with Gasteiger partial charge in [0.2, 0.25) is 0 Å². The predicted octanol–water partition coefficient (Wildman–Crippen LogP) is 3.13. The average Bonchev–Trinajstić information content (AvgIpc) is 2.23. The van der Waals surface area contributed by atoms with Gasteiger partial charge in [-0.2, -0.15) is 0 Å². The Hall–Kier alpha value is -1.22. The highest BCUT2D eigenvalue weighted by Crippen LogP contribution is 2.17. The summed E-state index contributed by atoms with van der Waals surface area (Å²) >= 11 is 5.80. The van der Waals surface area contributed by atoms with Crippen LogP contribution >= 0.6 is 11.6 Å². The Balaban J connectivity index is 2.66. The van der Waals surface area contributed by atoms with E-state index in [2.05, 4.69) is 6.92 Å². The van der Waals surface area contributed by atoms with Crippen molar-refractivity contribution in [2.45, 2.75) is 20.3 Å². The van der Waals surface area contributed by atoms with Crippen LogP contribution in [0.4, 0.5) is 5.69 Å². The lowest BCUT2D eigenvalue weighted by Gasteiger charge is -2.10. The third-order valence-electron chi connectivity index (χ3n) is 2.35. The van der Waals surface area contributed by atoms with Gasteiger partial charge in [0.05, 0.1) is 12.2 Å². The summed E-state index contributed by atoms with van der Waals surface area (Å²) in [6, 6.07) is 4.70. The van der Waals surface area contributed by atoms with E-state index >= 15 is 0 Å². The number of ether oxygens (including phenoxy) is 1. The quantitative estimate of drug-likeness (QED) is 0.651. The van der Waals surface area contributed by atoms with E-state index in [0.29, 0.717) is 28.8 Å². The number of esters is 1. The summed E-state index contributed by atoms with van der Waals surface area (Å²) in [5.41, 5.74) is 6.44. The maximum absolute atomic E-state index is 11.6. The summed E-state index contributed by atoms with van der Waals surface area (Å²) in [4.78, 5) is 11.6. The lowest BCUT2D eigenvalue weighted by molar-refractivity contribution is 0.0447. The van der Waals surface area contributed by atoms with E-state index in [4.69, 9.17) is 22.1 Å². The molecule has 2 N–H and O–H groups in total. The maximum atomic E-state index is 11.6. The molecule has 0 heterocycles. The van der Waals surface area contributed by atoms with E-state index in [9.17, 15) is 4.79 Å². The standard InChI is InChI=1S/C12H16ClNO2/c1-3-8(2)7-16-12(15)9-4-10(13)6-11(14)5-9/h4-6,8H,3,7,14H2,1-2H3. The van der Waals surface area contributed by atoms with Crippen molar-refractivity contribution in [3.8, 4) is 0 Å². The Morgan fingerprint density at radius 2 is 2.19 bits per heavy atom. The molecule has 0 bridgehead atoms. The van der Waals surface area contributed by atoms with Gasteiger partial charge >= 0.3 is 5.97 Å². The molecule has 0 saturated carbocycles. The van der Waals surface area contributed by atoms with Gasteiger partial charge in [-0.3, -0.25) is 0 Å². The van der Waals surface area contributed by atoms with Crippen molar-refractivity contribution < 1.29 is 9.53 Å². The first-order chi connectivity index (χ1) is 7.52. The molecule has 0 saturated heterocycles. The Bertz CT molecular complexity index is 359. The zero-order valence-electron chi connectivity index (χ0n) is 9.50. The number of hydrogen-bond acceptors (Lipinski definition) is 3. The fourth-order valence-corrected chi connectivity index (χ4v) is 1.39. The van der Waals surface area contributed by atoms with Gasteiger partial charge in [-0.1, -0.05) is 31.9 Å². The van der Waals surface area contributed by atoms with Gasteiger partial charge in [-0.15, -0.1) is 0 Å². The topological polar surface area (TPSA) is 52.3 Å². The van der Waals surface area contributed by atoms with Crippen molar-refractivity contribution in [1.29, 1.82) is 0 Å². The number of benzene rings is 1. The molecule has 0 aromatic heterocycles. The van der Waals surface area contributed by atoms with Gasteiger partial charge in [0.1, 0.15) is 0 Å². The molecule has 1 rings (SSSR count). The van der Waals surface area contributed by atoms with Gasteiger partial charge in [-0.25, -0.2) is 4.79 Å². The highest BCUT2D eigenvalue weighted by Gasteiger charge is 2.10. The fourth-order valence-electron chi connectivity index (χ4n) is 1.15. The summed E-state index contributed by atoms with van der Waals surface area (Å²) in [5, 5.41) is 0.440. The second-order valence-electron chi connectivity index (χ2n) is 3.89. The normalized spacial score (nSPS) is 12.2. The zero-order valence-corrected chi connectivity index (χ0v) is 10.3. The van der Waals surface area contributed by atoms with Crippen LogP contribution in [0.15, 0.2) is 18.2 Å². The highest BCUT2D eigenvalue weighted by molar-refractivity contribution is 6.31. The molecule has 1 aromatic carbocycles. The lowest BCUT2D eigenvalue weighted by atomic mass is 10.1. The lowest BCUT2D eigenvalue weighted by Crippen LogP contribution is -2.11. The van der Waals surface area contributed by atoms with Crippen LogP contribution < -0.4 is 5.73 Å². The summed E-state index contributed by atoms with van der Waals surface area (Å²) in [6.07, 6.45) is 0.977. The monoisotopic (exact) mass is 241 g/mol. The van der Waals surface area contributed by atoms with Crippen molar-refractivity contribution in [2.24, 2.45) is 5.92 Å². The van der Waals surface area contributed by atoms with E-state index in [1.165, 1.54) is 0 Å². The number of anilines is 1. The van der Waals surface area contributed by atoms with E-state index in [1.807, 2.05) is 6.92 Å². The van der Waals surface area contributed by atoms with Gasteiger partial charge in [0.25, 0.3) is 0 Å². The molecule has 0 spiro atoms. The molecule has 3 nitrogen and oxygen atoms in total. The number of carbonyl (C=O) groups is 1. The molecule has 0 aliphatic carbocycles. The van der Waals surface area contributed by atoms with Crippen molar-refractivity contribution in [1.82, 2.24) is 0 Å². The number of nitrogen functional groups attached to an aromatic ring is 1. The summed E-state index contributed by atoms with van der Waals surface area (Å²) < 4.78 is 5.14. The SMILES string of the molecule is CCC(C)COC(=O)c1cc(N)cc(Cl)c1. The first-order valence-corrected chi connectivity index (χ1v) is 5.64. The minimum absolute atomic E-state index is 0.362. The molecular formula is C12H16ClNO2. The third kappa shape index (κ3) is 3.74. The maximum Gasteiger partial charge on any atom is 0.338 e. The summed E-state index contributed by atoms with van der Waals surface area (Å²) in [7, 11) is 0. The van der Waals surface area contributed by atoms with Crippen LogP contribution in [0.5, 0.6) is 0 Å². The Morgan fingerprint density at radius 1 is 1.50 bits per heavy atom.